The number of amides is 1. The largest absolute Gasteiger partial charge is 0.490 e. The number of nitrogens with two attached hydrogens (primary N) is 1. The van der Waals surface area contributed by atoms with Crippen LogP contribution in [0.2, 0.25) is 0 Å². The summed E-state index contributed by atoms with van der Waals surface area (Å²) in [5, 5.41) is 8.82. The molecule has 1 aromatic carbocycles. The molecular weight excluding hydrogens is 289 g/mol. The molecule has 0 spiro atoms. The van der Waals surface area contributed by atoms with Crippen LogP contribution in [0.4, 0.5) is 23.7 Å². The summed E-state index contributed by atoms with van der Waals surface area (Å²) >= 11 is 0. The first-order chi connectivity index (χ1) is 9.75. The van der Waals surface area contributed by atoms with Gasteiger partial charge in [0.05, 0.1) is 5.56 Å². The number of nitrogens with zero attached hydrogens (tertiary/aromatic N) is 1. The Labute approximate surface area is 119 Å². The summed E-state index contributed by atoms with van der Waals surface area (Å²) in [6.45, 7) is 0.600. The zero-order valence-electron chi connectivity index (χ0n) is 11.1. The highest BCUT2D eigenvalue weighted by atomic mass is 19.4. The highest BCUT2D eigenvalue weighted by Crippen LogP contribution is 2.34. The Morgan fingerprint density at radius 3 is 2.43 bits per heavy atom. The van der Waals surface area contributed by atoms with Gasteiger partial charge in [-0.3, -0.25) is 0 Å². The standard InChI is InChI=1S/C13H15F3N2O3/c14-13(15,16)8-5-9(17)7-11(6-8)21-10-1-3-18(4-2-10)12(19)20/h5-7,10H,1-4,17H2,(H,19,20). The van der Waals surface area contributed by atoms with Gasteiger partial charge in [-0.05, 0) is 12.1 Å². The van der Waals surface area contributed by atoms with Gasteiger partial charge in [-0.2, -0.15) is 13.2 Å². The molecule has 5 nitrogen and oxygen atoms in total. The monoisotopic (exact) mass is 304 g/mol. The number of benzene rings is 1. The van der Waals surface area contributed by atoms with E-state index in [1.807, 2.05) is 0 Å². The molecule has 0 unspecified atom stereocenters. The number of anilines is 1. The fourth-order valence-electron chi connectivity index (χ4n) is 2.21. The third-order valence-corrected chi connectivity index (χ3v) is 3.27. The summed E-state index contributed by atoms with van der Waals surface area (Å²) in [7, 11) is 0. The second-order valence-corrected chi connectivity index (χ2v) is 4.88. The molecule has 0 atom stereocenters. The van der Waals surface area contributed by atoms with E-state index in [4.69, 9.17) is 15.6 Å². The summed E-state index contributed by atoms with van der Waals surface area (Å²) in [6, 6.07) is 3.08. The zero-order valence-corrected chi connectivity index (χ0v) is 11.1. The number of nitrogen functional groups attached to an aromatic ring is 1. The Morgan fingerprint density at radius 2 is 1.90 bits per heavy atom. The van der Waals surface area contributed by atoms with Crippen molar-refractivity contribution in [2.24, 2.45) is 0 Å². The van der Waals surface area contributed by atoms with Crippen molar-refractivity contribution in [3.8, 4) is 5.75 Å². The van der Waals surface area contributed by atoms with E-state index in [9.17, 15) is 18.0 Å². The summed E-state index contributed by atoms with van der Waals surface area (Å²) in [5.41, 5.74) is 4.57. The highest BCUT2D eigenvalue weighted by Gasteiger charge is 2.32. The molecule has 3 N–H and O–H groups in total. The van der Waals surface area contributed by atoms with Crippen LogP contribution in [0, 0.1) is 0 Å². The van der Waals surface area contributed by atoms with E-state index in [2.05, 4.69) is 0 Å². The minimum Gasteiger partial charge on any atom is -0.490 e. The van der Waals surface area contributed by atoms with Crippen LogP contribution in [0.5, 0.6) is 5.75 Å². The van der Waals surface area contributed by atoms with Crippen LogP contribution in [-0.2, 0) is 6.18 Å². The molecule has 1 saturated heterocycles. The summed E-state index contributed by atoms with van der Waals surface area (Å²) in [6.07, 6.45) is -4.94. The minimum atomic E-state index is -4.49. The van der Waals surface area contributed by atoms with E-state index in [-0.39, 0.29) is 17.5 Å². The third kappa shape index (κ3) is 3.93. The van der Waals surface area contributed by atoms with Gasteiger partial charge < -0.3 is 20.5 Å². The van der Waals surface area contributed by atoms with Gasteiger partial charge in [-0.15, -0.1) is 0 Å². The van der Waals surface area contributed by atoms with Crippen LogP contribution in [0.15, 0.2) is 18.2 Å². The maximum absolute atomic E-state index is 12.7. The van der Waals surface area contributed by atoms with Crippen LogP contribution >= 0.6 is 0 Å². The Hall–Kier alpha value is -2.12. The number of hydrogen-bond acceptors (Lipinski definition) is 3. The van der Waals surface area contributed by atoms with Gasteiger partial charge >= 0.3 is 12.3 Å². The fourth-order valence-corrected chi connectivity index (χ4v) is 2.21. The molecule has 0 aliphatic carbocycles. The molecule has 0 aromatic heterocycles. The molecule has 1 heterocycles. The second kappa shape index (κ2) is 5.71. The topological polar surface area (TPSA) is 75.8 Å². The Kier molecular flexibility index (Phi) is 4.15. The van der Waals surface area contributed by atoms with Gasteiger partial charge in [0.1, 0.15) is 11.9 Å². The van der Waals surface area contributed by atoms with Crippen molar-refractivity contribution in [1.29, 1.82) is 0 Å². The van der Waals surface area contributed by atoms with Crippen LogP contribution < -0.4 is 10.5 Å². The molecule has 1 fully saturated rings. The molecule has 1 aliphatic rings. The van der Waals surface area contributed by atoms with Crippen molar-refractivity contribution in [1.82, 2.24) is 4.90 Å². The first kappa shape index (κ1) is 15.3. The van der Waals surface area contributed by atoms with Crippen LogP contribution in [0.1, 0.15) is 18.4 Å². The number of halogens is 3. The average molecular weight is 304 g/mol. The lowest BCUT2D eigenvalue weighted by atomic mass is 10.1. The van der Waals surface area contributed by atoms with Gasteiger partial charge in [0.2, 0.25) is 0 Å². The average Bonchev–Trinajstić information content (AvgIpc) is 2.37. The lowest BCUT2D eigenvalue weighted by Gasteiger charge is -2.30. The smallest absolute Gasteiger partial charge is 0.416 e. The summed E-state index contributed by atoms with van der Waals surface area (Å²) < 4.78 is 43.6. The maximum atomic E-state index is 12.7. The zero-order chi connectivity index (χ0) is 15.6. The number of carboxylic acid groups (broad SMARTS) is 1. The van der Waals surface area contributed by atoms with E-state index < -0.39 is 17.8 Å². The first-order valence-electron chi connectivity index (χ1n) is 6.38. The Balaban J connectivity index is 2.04. The minimum absolute atomic E-state index is 0.0252. The van der Waals surface area contributed by atoms with E-state index in [0.29, 0.717) is 25.9 Å². The van der Waals surface area contributed by atoms with Crippen molar-refractivity contribution in [2.75, 3.05) is 18.8 Å². The molecule has 0 radical (unpaired) electrons. The number of likely N-dealkylation sites (tertiary alicyclic amines) is 1. The number of ether oxygens (including phenoxy) is 1. The Morgan fingerprint density at radius 1 is 1.29 bits per heavy atom. The highest BCUT2D eigenvalue weighted by molar-refractivity contribution is 5.65. The van der Waals surface area contributed by atoms with Crippen molar-refractivity contribution >= 4 is 11.8 Å². The quantitative estimate of drug-likeness (QED) is 0.824. The predicted octanol–water partition coefficient (Wildman–Crippen LogP) is 2.81. The van der Waals surface area contributed by atoms with Gasteiger partial charge in [-0.1, -0.05) is 0 Å². The number of carbonyl (C=O) groups is 1. The molecule has 1 aliphatic heterocycles. The van der Waals surface area contributed by atoms with Crippen molar-refractivity contribution < 1.29 is 27.8 Å². The van der Waals surface area contributed by atoms with Crippen molar-refractivity contribution in [3.63, 3.8) is 0 Å². The number of hydrogen-bond donors (Lipinski definition) is 2. The number of rotatable bonds is 2. The first-order valence-corrected chi connectivity index (χ1v) is 6.38. The summed E-state index contributed by atoms with van der Waals surface area (Å²) in [4.78, 5) is 12.0. The molecular formula is C13H15F3N2O3. The molecule has 0 saturated carbocycles. The van der Waals surface area contributed by atoms with Crippen LogP contribution in [0.3, 0.4) is 0 Å². The van der Waals surface area contributed by atoms with Crippen molar-refractivity contribution in [2.45, 2.75) is 25.1 Å². The second-order valence-electron chi connectivity index (χ2n) is 4.88. The van der Waals surface area contributed by atoms with Crippen LogP contribution in [0.25, 0.3) is 0 Å². The van der Waals surface area contributed by atoms with Gasteiger partial charge in [-0.25, -0.2) is 4.79 Å². The van der Waals surface area contributed by atoms with Gasteiger partial charge in [0.15, 0.2) is 0 Å². The van der Waals surface area contributed by atoms with E-state index in [0.717, 1.165) is 12.1 Å². The SMILES string of the molecule is Nc1cc(OC2CCN(C(=O)O)CC2)cc(C(F)(F)F)c1. The lowest BCUT2D eigenvalue weighted by molar-refractivity contribution is -0.137. The summed E-state index contributed by atoms with van der Waals surface area (Å²) in [5.74, 6) is 0.0519. The van der Waals surface area contributed by atoms with Crippen molar-refractivity contribution in [3.05, 3.63) is 23.8 Å². The van der Waals surface area contributed by atoms with E-state index in [1.54, 1.807) is 0 Å². The molecule has 116 valence electrons. The molecule has 0 bridgehead atoms. The molecule has 21 heavy (non-hydrogen) atoms. The third-order valence-electron chi connectivity index (χ3n) is 3.27. The molecule has 8 heteroatoms. The molecule has 1 amide bonds. The number of piperidine rings is 1. The van der Waals surface area contributed by atoms with Gasteiger partial charge in [0, 0.05) is 37.7 Å². The normalized spacial score (nSPS) is 16.8. The molecule has 2 rings (SSSR count). The van der Waals surface area contributed by atoms with E-state index in [1.165, 1.54) is 11.0 Å². The Bertz CT molecular complexity index is 526. The molecule has 1 aromatic rings. The van der Waals surface area contributed by atoms with E-state index >= 15 is 0 Å². The lowest BCUT2D eigenvalue weighted by Crippen LogP contribution is -2.41. The predicted molar refractivity (Wildman–Crippen MR) is 69.1 cm³/mol. The van der Waals surface area contributed by atoms with Crippen LogP contribution in [-0.4, -0.2) is 35.3 Å². The number of alkyl halides is 3. The van der Waals surface area contributed by atoms with Gasteiger partial charge in [0.25, 0.3) is 0 Å². The fraction of sp³-hybridized carbons (Fsp3) is 0.462. The maximum Gasteiger partial charge on any atom is 0.416 e.